The van der Waals surface area contributed by atoms with Gasteiger partial charge in [0.05, 0.1) is 17.8 Å². The fourth-order valence-corrected chi connectivity index (χ4v) is 2.81. The number of aromatic nitrogens is 4. The van der Waals surface area contributed by atoms with Gasteiger partial charge in [-0.15, -0.1) is 0 Å². The van der Waals surface area contributed by atoms with E-state index in [2.05, 4.69) is 20.6 Å². The number of nitrogens with zero attached hydrogens (tertiary/aromatic N) is 4. The Morgan fingerprint density at radius 2 is 2.08 bits per heavy atom. The lowest BCUT2D eigenvalue weighted by molar-refractivity contribution is 0.0945. The molecular formula is C18H21N5O2. The molecule has 2 heterocycles. The Hall–Kier alpha value is -2.96. The predicted molar refractivity (Wildman–Crippen MR) is 93.0 cm³/mol. The summed E-state index contributed by atoms with van der Waals surface area (Å²) in [6.07, 6.45) is 0. The molecule has 25 heavy (non-hydrogen) atoms. The molecule has 7 nitrogen and oxygen atoms in total. The summed E-state index contributed by atoms with van der Waals surface area (Å²) in [6.45, 7) is 8.62. The quantitative estimate of drug-likeness (QED) is 0.772. The molecule has 0 fully saturated rings. The summed E-state index contributed by atoms with van der Waals surface area (Å²) in [5.74, 6) is 0.687. The van der Waals surface area contributed by atoms with Crippen LogP contribution in [0.4, 0.5) is 0 Å². The second kappa shape index (κ2) is 6.88. The smallest absolute Gasteiger partial charge is 0.255 e. The van der Waals surface area contributed by atoms with Crippen LogP contribution in [0.1, 0.15) is 40.1 Å². The van der Waals surface area contributed by atoms with E-state index in [-0.39, 0.29) is 12.5 Å². The molecule has 3 aromatic rings. The first-order chi connectivity index (χ1) is 12.0. The van der Waals surface area contributed by atoms with Crippen LogP contribution in [0.5, 0.6) is 0 Å². The van der Waals surface area contributed by atoms with Gasteiger partial charge in [0.2, 0.25) is 11.7 Å². The van der Waals surface area contributed by atoms with Crippen molar-refractivity contribution in [2.45, 2.75) is 40.8 Å². The van der Waals surface area contributed by atoms with Crippen LogP contribution < -0.4 is 5.32 Å². The van der Waals surface area contributed by atoms with Crippen LogP contribution in [-0.2, 0) is 13.1 Å². The Morgan fingerprint density at radius 1 is 1.28 bits per heavy atom. The highest BCUT2D eigenvalue weighted by atomic mass is 16.5. The lowest BCUT2D eigenvalue weighted by Gasteiger charge is -2.03. The minimum absolute atomic E-state index is 0.174. The van der Waals surface area contributed by atoms with Gasteiger partial charge in [-0.25, -0.2) is 0 Å². The summed E-state index contributed by atoms with van der Waals surface area (Å²) < 4.78 is 7.05. The van der Waals surface area contributed by atoms with Crippen molar-refractivity contribution in [3.63, 3.8) is 0 Å². The minimum Gasteiger partial charge on any atom is -0.343 e. The fourth-order valence-electron chi connectivity index (χ4n) is 2.81. The zero-order valence-electron chi connectivity index (χ0n) is 14.8. The number of aryl methyl sites for hydroxylation is 3. The molecule has 0 bridgehead atoms. The molecule has 0 unspecified atom stereocenters. The number of carbonyl (C=O) groups excluding carboxylic acids is 1. The molecule has 0 saturated carbocycles. The lowest BCUT2D eigenvalue weighted by Crippen LogP contribution is -2.24. The maximum Gasteiger partial charge on any atom is 0.255 e. The van der Waals surface area contributed by atoms with Crippen molar-refractivity contribution in [3.8, 4) is 11.4 Å². The molecule has 130 valence electrons. The number of amides is 1. The van der Waals surface area contributed by atoms with E-state index >= 15 is 0 Å². The number of hydrogen-bond acceptors (Lipinski definition) is 5. The molecule has 0 atom stereocenters. The predicted octanol–water partition coefficient (Wildman–Crippen LogP) is 2.81. The Morgan fingerprint density at radius 3 is 2.76 bits per heavy atom. The zero-order valence-corrected chi connectivity index (χ0v) is 14.8. The van der Waals surface area contributed by atoms with Gasteiger partial charge >= 0.3 is 0 Å². The third kappa shape index (κ3) is 3.45. The van der Waals surface area contributed by atoms with Crippen LogP contribution in [0.15, 0.2) is 28.8 Å². The molecule has 7 heteroatoms. The van der Waals surface area contributed by atoms with Gasteiger partial charge in [-0.05, 0) is 33.8 Å². The molecule has 1 N–H and O–H groups in total. The molecule has 3 rings (SSSR count). The monoisotopic (exact) mass is 339 g/mol. The van der Waals surface area contributed by atoms with Gasteiger partial charge in [-0.2, -0.15) is 10.1 Å². The lowest BCUT2D eigenvalue weighted by atomic mass is 10.1. The second-order valence-corrected chi connectivity index (χ2v) is 5.93. The molecule has 1 aromatic carbocycles. The Balaban J connectivity index is 1.70. The van der Waals surface area contributed by atoms with E-state index in [0.29, 0.717) is 23.0 Å². The van der Waals surface area contributed by atoms with Gasteiger partial charge in [0.25, 0.3) is 5.91 Å². The summed E-state index contributed by atoms with van der Waals surface area (Å²) in [4.78, 5) is 16.8. The Bertz CT molecular complexity index is 910. The van der Waals surface area contributed by atoms with E-state index in [0.717, 1.165) is 23.4 Å². The number of hydrogen-bond donors (Lipinski definition) is 1. The molecule has 0 spiro atoms. The fraction of sp³-hybridized carbons (Fsp3) is 0.333. The van der Waals surface area contributed by atoms with E-state index in [9.17, 15) is 4.79 Å². The van der Waals surface area contributed by atoms with Crippen molar-refractivity contribution in [1.82, 2.24) is 25.2 Å². The summed E-state index contributed by atoms with van der Waals surface area (Å²) in [6, 6.07) is 7.86. The number of rotatable bonds is 5. The maximum absolute atomic E-state index is 12.5. The van der Waals surface area contributed by atoms with Crippen molar-refractivity contribution in [3.05, 3.63) is 52.7 Å². The minimum atomic E-state index is -0.190. The van der Waals surface area contributed by atoms with E-state index in [1.165, 1.54) is 0 Å². The van der Waals surface area contributed by atoms with Crippen LogP contribution in [0, 0.1) is 20.8 Å². The third-order valence-electron chi connectivity index (χ3n) is 4.05. The standard InChI is InChI=1S/C18H21N5O2/c1-5-23-13(4)16(12(3)21-23)18(24)19-10-15-20-17(22-25-15)14-8-6-7-11(2)9-14/h6-9H,5,10H2,1-4H3,(H,19,24). The van der Waals surface area contributed by atoms with Crippen LogP contribution in [0.25, 0.3) is 11.4 Å². The van der Waals surface area contributed by atoms with Gasteiger partial charge in [-0.3, -0.25) is 9.48 Å². The average molecular weight is 339 g/mol. The zero-order chi connectivity index (χ0) is 18.0. The Kier molecular flexibility index (Phi) is 4.65. The molecule has 0 aliphatic rings. The highest BCUT2D eigenvalue weighted by Gasteiger charge is 2.18. The van der Waals surface area contributed by atoms with E-state index in [4.69, 9.17) is 4.52 Å². The largest absolute Gasteiger partial charge is 0.343 e. The molecular weight excluding hydrogens is 318 g/mol. The maximum atomic E-state index is 12.5. The first-order valence-corrected chi connectivity index (χ1v) is 8.21. The molecule has 0 radical (unpaired) electrons. The molecule has 2 aromatic heterocycles. The van der Waals surface area contributed by atoms with Gasteiger partial charge in [-0.1, -0.05) is 28.9 Å². The average Bonchev–Trinajstić information content (AvgIpc) is 3.17. The second-order valence-electron chi connectivity index (χ2n) is 5.93. The highest BCUT2D eigenvalue weighted by Crippen LogP contribution is 2.17. The molecule has 0 aliphatic heterocycles. The summed E-state index contributed by atoms with van der Waals surface area (Å²) in [5.41, 5.74) is 4.17. The summed E-state index contributed by atoms with van der Waals surface area (Å²) >= 11 is 0. The van der Waals surface area contributed by atoms with Crippen molar-refractivity contribution < 1.29 is 9.32 Å². The summed E-state index contributed by atoms with van der Waals surface area (Å²) in [5, 5.41) is 11.2. The van der Waals surface area contributed by atoms with Gasteiger partial charge in [0.15, 0.2) is 0 Å². The van der Waals surface area contributed by atoms with E-state index in [1.54, 1.807) is 0 Å². The van der Waals surface area contributed by atoms with Crippen molar-refractivity contribution in [1.29, 1.82) is 0 Å². The highest BCUT2D eigenvalue weighted by molar-refractivity contribution is 5.96. The van der Waals surface area contributed by atoms with Crippen molar-refractivity contribution in [2.75, 3.05) is 0 Å². The first kappa shape index (κ1) is 16.9. The SMILES string of the molecule is CCn1nc(C)c(C(=O)NCc2nc(-c3cccc(C)c3)no2)c1C. The third-order valence-corrected chi connectivity index (χ3v) is 4.05. The van der Waals surface area contributed by atoms with E-state index in [1.807, 2.05) is 56.6 Å². The topological polar surface area (TPSA) is 85.8 Å². The summed E-state index contributed by atoms with van der Waals surface area (Å²) in [7, 11) is 0. The van der Waals surface area contributed by atoms with Gasteiger partial charge in [0.1, 0.15) is 0 Å². The normalized spacial score (nSPS) is 10.9. The van der Waals surface area contributed by atoms with Crippen LogP contribution in [0.3, 0.4) is 0 Å². The molecule has 0 saturated heterocycles. The number of nitrogens with one attached hydrogen (secondary N) is 1. The van der Waals surface area contributed by atoms with Crippen LogP contribution in [-0.4, -0.2) is 25.8 Å². The molecule has 1 amide bonds. The number of carbonyl (C=O) groups is 1. The number of benzene rings is 1. The Labute approximate surface area is 146 Å². The van der Waals surface area contributed by atoms with Crippen molar-refractivity contribution >= 4 is 5.91 Å². The van der Waals surface area contributed by atoms with E-state index < -0.39 is 0 Å². The van der Waals surface area contributed by atoms with Crippen LogP contribution >= 0.6 is 0 Å². The van der Waals surface area contributed by atoms with Gasteiger partial charge in [0, 0.05) is 17.8 Å². The van der Waals surface area contributed by atoms with Crippen LogP contribution in [0.2, 0.25) is 0 Å². The van der Waals surface area contributed by atoms with Gasteiger partial charge < -0.3 is 9.84 Å². The first-order valence-electron chi connectivity index (χ1n) is 8.21. The molecule has 0 aliphatic carbocycles. The van der Waals surface area contributed by atoms with Crippen molar-refractivity contribution in [2.24, 2.45) is 0 Å².